The number of nitrogens with zero attached hydrogens (tertiary/aromatic N) is 5. The molecule has 5 aliphatic heterocycles. The summed E-state index contributed by atoms with van der Waals surface area (Å²) in [5.74, 6) is -1.92. The highest BCUT2D eigenvalue weighted by Gasteiger charge is 2.41. The number of phenols is 1. The van der Waals surface area contributed by atoms with Crippen molar-refractivity contribution in [1.29, 1.82) is 0 Å². The van der Waals surface area contributed by atoms with Gasteiger partial charge in [-0.25, -0.2) is 5.43 Å². The molecule has 3 saturated heterocycles. The molecule has 4 amide bonds. The molecule has 16 nitrogen and oxygen atoms in total. The van der Waals surface area contributed by atoms with E-state index in [-0.39, 0.29) is 73.6 Å². The fourth-order valence-electron chi connectivity index (χ4n) is 10.9. The highest BCUT2D eigenvalue weighted by molar-refractivity contribution is 5.97. The Morgan fingerprint density at radius 1 is 1.07 bits per heavy atom. The van der Waals surface area contributed by atoms with Gasteiger partial charge in [0.05, 0.1) is 30.1 Å². The Kier molecular flexibility index (Phi) is 12.7. The third-order valence-corrected chi connectivity index (χ3v) is 14.4. The zero-order valence-electron chi connectivity index (χ0n) is 39.6. The molecule has 16 heteroatoms. The van der Waals surface area contributed by atoms with Crippen LogP contribution in [-0.4, -0.2) is 130 Å². The van der Waals surface area contributed by atoms with Crippen LogP contribution in [0.25, 0.3) is 33.3 Å². The smallest absolute Gasteiger partial charge is 0.324 e. The lowest BCUT2D eigenvalue weighted by molar-refractivity contribution is -0.155. The summed E-state index contributed by atoms with van der Waals surface area (Å²) in [6.45, 7) is 12.2. The van der Waals surface area contributed by atoms with Crippen LogP contribution in [0.2, 0.25) is 0 Å². The topological polar surface area (TPSA) is 198 Å². The number of cyclic esters (lactones) is 1. The number of pyridine rings is 1. The molecule has 2 unspecified atom stereocenters. The fraction of sp³-hybridized carbons (Fsp3) is 0.529. The Morgan fingerprint density at radius 3 is 2.61 bits per heavy atom. The number of aromatic hydroxyl groups is 1. The van der Waals surface area contributed by atoms with Gasteiger partial charge in [0.25, 0.3) is 5.91 Å². The molecular formula is C51H64N8O8. The molecule has 6 bridgehead atoms. The van der Waals surface area contributed by atoms with Gasteiger partial charge in [0.15, 0.2) is 0 Å². The van der Waals surface area contributed by atoms with E-state index in [1.54, 1.807) is 32.5 Å². The van der Waals surface area contributed by atoms with Crippen LogP contribution in [0.4, 0.5) is 0 Å². The first-order valence-electron chi connectivity index (χ1n) is 23.8. The first kappa shape index (κ1) is 46.3. The van der Waals surface area contributed by atoms with E-state index < -0.39 is 41.3 Å². The van der Waals surface area contributed by atoms with Crippen LogP contribution in [0.1, 0.15) is 89.3 Å². The number of benzene rings is 2. The number of amides is 4. The summed E-state index contributed by atoms with van der Waals surface area (Å²) in [5.41, 5.74) is 9.75. The Morgan fingerprint density at radius 2 is 1.87 bits per heavy atom. The number of hydrogen-bond acceptors (Lipinski definition) is 11. The first-order chi connectivity index (χ1) is 32.0. The van der Waals surface area contributed by atoms with Gasteiger partial charge in [-0.15, -0.1) is 0 Å². The molecular weight excluding hydrogens is 853 g/mol. The van der Waals surface area contributed by atoms with E-state index in [2.05, 4.69) is 59.6 Å². The molecule has 356 valence electrons. The monoisotopic (exact) mass is 916 g/mol. The van der Waals surface area contributed by atoms with E-state index in [4.69, 9.17) is 14.5 Å². The summed E-state index contributed by atoms with van der Waals surface area (Å²) < 4.78 is 14.5. The van der Waals surface area contributed by atoms with Crippen molar-refractivity contribution in [2.75, 3.05) is 46.9 Å². The van der Waals surface area contributed by atoms with Crippen LogP contribution in [0.3, 0.4) is 0 Å². The molecule has 9 rings (SSSR count). The number of likely N-dealkylation sites (tertiary alicyclic amines) is 1. The van der Waals surface area contributed by atoms with Crippen LogP contribution in [0.15, 0.2) is 54.7 Å². The summed E-state index contributed by atoms with van der Waals surface area (Å²) in [7, 11) is 3.32. The summed E-state index contributed by atoms with van der Waals surface area (Å²) in [5, 5.41) is 19.8. The number of carbonyl (C=O) groups excluding carboxylic acids is 5. The number of phenolic OH excluding ortho intramolecular Hbond substituents is 1. The van der Waals surface area contributed by atoms with E-state index in [0.29, 0.717) is 50.9 Å². The van der Waals surface area contributed by atoms with Gasteiger partial charge in [-0.2, -0.15) is 0 Å². The number of hydrogen-bond donors (Lipinski definition) is 4. The number of carbonyl (C=O) groups is 5. The van der Waals surface area contributed by atoms with E-state index in [1.165, 1.54) is 9.91 Å². The maximum absolute atomic E-state index is 14.7. The van der Waals surface area contributed by atoms with Gasteiger partial charge in [-0.05, 0) is 103 Å². The van der Waals surface area contributed by atoms with Gasteiger partial charge in [-0.3, -0.25) is 34.0 Å². The minimum atomic E-state index is -1.14. The van der Waals surface area contributed by atoms with Gasteiger partial charge >= 0.3 is 5.97 Å². The lowest BCUT2D eigenvalue weighted by atomic mass is 9.83. The molecule has 0 saturated carbocycles. The highest BCUT2D eigenvalue weighted by Crippen LogP contribution is 2.49. The zero-order chi connectivity index (χ0) is 47.5. The number of methoxy groups -OCH3 is 1. The van der Waals surface area contributed by atoms with E-state index >= 15 is 0 Å². The zero-order valence-corrected chi connectivity index (χ0v) is 39.6. The molecule has 3 fully saturated rings. The summed E-state index contributed by atoms with van der Waals surface area (Å²) in [4.78, 5) is 77.8. The van der Waals surface area contributed by atoms with Crippen LogP contribution < -0.4 is 16.1 Å². The lowest BCUT2D eigenvalue weighted by Crippen LogP contribution is -2.62. The number of esters is 1. The van der Waals surface area contributed by atoms with Crippen LogP contribution >= 0.6 is 0 Å². The van der Waals surface area contributed by atoms with Crippen molar-refractivity contribution in [2.45, 2.75) is 109 Å². The summed E-state index contributed by atoms with van der Waals surface area (Å²) >= 11 is 0. The second kappa shape index (κ2) is 18.3. The highest BCUT2D eigenvalue weighted by atomic mass is 16.5. The normalized spacial score (nSPS) is 25.2. The largest absolute Gasteiger partial charge is 0.508 e. The van der Waals surface area contributed by atoms with Gasteiger partial charge in [0, 0.05) is 81.3 Å². The number of fused-ring (bicyclic) bond motifs is 11. The van der Waals surface area contributed by atoms with Gasteiger partial charge < -0.3 is 39.6 Å². The van der Waals surface area contributed by atoms with Crippen molar-refractivity contribution in [2.24, 2.45) is 17.3 Å². The standard InChI is InChI=1S/C51H64N8O8/c1-28(2)44(56(6)42(61)21-30-14-17-57(26-30)48(63)40-25-53-40)47(62)54-39-20-31-18-33(22-34(60)19-31)32-12-13-41-36(23-32)37(45-35-10-8-15-52-43(35)46(66-7)29(3)59(41)45)24-51(4,5)27-67-50(65)38-11-9-16-58(55-38)49(39)64/h8,10,12-13,15,18-19,22-23,28-30,38-40,44,46,53,55,60H,9,11,14,16-17,20-21,24-27H2,1-7H3,(H,54,62)/t29?,30-,38+,39+,40-,44?,46+/m1/s1. The number of nitrogens with one attached hydrogen (secondary N) is 3. The number of aromatic nitrogens is 2. The maximum atomic E-state index is 14.7. The van der Waals surface area contributed by atoms with Gasteiger partial charge in [0.1, 0.15) is 30.0 Å². The molecule has 7 atom stereocenters. The second-order valence-electron chi connectivity index (χ2n) is 20.5. The molecule has 67 heavy (non-hydrogen) atoms. The number of rotatable bonds is 8. The van der Waals surface area contributed by atoms with Crippen molar-refractivity contribution in [3.63, 3.8) is 0 Å². The molecule has 2 aromatic heterocycles. The van der Waals surface area contributed by atoms with Crippen molar-refractivity contribution < 1.29 is 38.6 Å². The van der Waals surface area contributed by atoms with E-state index in [0.717, 1.165) is 44.5 Å². The molecule has 0 radical (unpaired) electrons. The molecule has 0 spiro atoms. The molecule has 4 aromatic rings. The minimum Gasteiger partial charge on any atom is -0.508 e. The molecule has 4 N–H and O–H groups in total. The summed E-state index contributed by atoms with van der Waals surface area (Å²) in [6.07, 6.45) is 3.93. The van der Waals surface area contributed by atoms with Crippen LogP contribution in [0.5, 0.6) is 5.75 Å². The third-order valence-electron chi connectivity index (χ3n) is 14.4. The Labute approximate surface area is 391 Å². The molecule has 5 aliphatic rings. The Balaban J connectivity index is 1.07. The predicted octanol–water partition coefficient (Wildman–Crippen LogP) is 4.68. The average molecular weight is 917 g/mol. The fourth-order valence-corrected chi connectivity index (χ4v) is 10.9. The Hall–Kier alpha value is -5.84. The number of hydrazine groups is 1. The third kappa shape index (κ3) is 9.15. The van der Waals surface area contributed by atoms with Crippen molar-refractivity contribution in [1.82, 2.24) is 40.4 Å². The van der Waals surface area contributed by atoms with Crippen LogP contribution in [0, 0.1) is 17.3 Å². The first-order valence-corrected chi connectivity index (χ1v) is 23.8. The van der Waals surface area contributed by atoms with Crippen molar-refractivity contribution in [3.05, 3.63) is 71.5 Å². The molecule has 7 heterocycles. The molecule has 2 aromatic carbocycles. The SMILES string of the molecule is CO[C@@H]1c2ncccc2-c2c3c4cc(ccc4n2C1C)-c1cc(O)cc(c1)C[C@H](NC(=O)C(C(C)C)N(C)C(=O)C[C@H]1CCN(C(=O)[C@H]2CN2)C1)C(=O)N1CCC[C@H](N1)C(=O)OCC(C)(C)C3. The molecule has 0 aliphatic carbocycles. The van der Waals surface area contributed by atoms with Gasteiger partial charge in [-0.1, -0.05) is 39.8 Å². The lowest BCUT2D eigenvalue weighted by Gasteiger charge is -2.37. The quantitative estimate of drug-likeness (QED) is 0.142. The average Bonchev–Trinajstić information content (AvgIpc) is 3.97. The maximum Gasteiger partial charge on any atom is 0.324 e. The van der Waals surface area contributed by atoms with Gasteiger partial charge in [0.2, 0.25) is 17.7 Å². The predicted molar refractivity (Wildman–Crippen MR) is 251 cm³/mol. The van der Waals surface area contributed by atoms with Crippen molar-refractivity contribution >= 4 is 40.5 Å². The van der Waals surface area contributed by atoms with Crippen molar-refractivity contribution in [3.8, 4) is 28.1 Å². The van der Waals surface area contributed by atoms with E-state index in [9.17, 15) is 29.1 Å². The number of likely N-dealkylation sites (N-methyl/N-ethyl adjacent to an activating group) is 1. The second-order valence-corrected chi connectivity index (χ2v) is 20.5. The van der Waals surface area contributed by atoms with E-state index in [1.807, 2.05) is 36.9 Å². The minimum absolute atomic E-state index is 0.00140. The van der Waals surface area contributed by atoms with Crippen LogP contribution in [-0.2, 0) is 46.3 Å². The number of ether oxygens (including phenoxy) is 2. The Bertz CT molecular complexity index is 2600. The summed E-state index contributed by atoms with van der Waals surface area (Å²) in [6, 6.07) is 12.4.